The summed E-state index contributed by atoms with van der Waals surface area (Å²) in [4.78, 5) is 23.2. The molecular weight excluding hydrogens is 860 g/mol. The molecule has 6 unspecified atom stereocenters. The maximum atomic E-state index is 12.8. The second kappa shape index (κ2) is 42.8. The lowest BCUT2D eigenvalue weighted by molar-refractivity contribution is -0.220. The van der Waals surface area contributed by atoms with Gasteiger partial charge in [0.15, 0.2) is 0 Å². The molecule has 0 amide bonds. The van der Waals surface area contributed by atoms with Crippen LogP contribution in [0.4, 0.5) is 0 Å². The smallest absolute Gasteiger partial charge is 0.457 e. The zero-order valence-corrected chi connectivity index (χ0v) is 41.9. The van der Waals surface area contributed by atoms with Crippen LogP contribution in [0, 0.1) is 0 Å². The highest BCUT2D eigenvalue weighted by molar-refractivity contribution is 7.47. The molecule has 0 radical (unpaired) electrons. The third-order valence-electron chi connectivity index (χ3n) is 11.6. The first-order valence-corrected chi connectivity index (χ1v) is 27.3. The van der Waals surface area contributed by atoms with Gasteiger partial charge in [0.2, 0.25) is 0 Å². The van der Waals surface area contributed by atoms with Gasteiger partial charge in [-0.2, -0.15) is 0 Å². The predicted molar refractivity (Wildman–Crippen MR) is 267 cm³/mol. The highest BCUT2D eigenvalue weighted by Gasteiger charge is 2.51. The van der Waals surface area contributed by atoms with Crippen LogP contribution >= 0.6 is 7.82 Å². The Morgan fingerprint density at radius 3 is 1.36 bits per heavy atom. The first-order chi connectivity index (χ1) is 32.0. The molecule has 0 aromatic carbocycles. The molecule has 1 aliphatic rings. The number of phosphoric acid groups is 1. The van der Waals surface area contributed by atoms with Crippen molar-refractivity contribution in [2.45, 2.75) is 236 Å². The Morgan fingerprint density at radius 1 is 0.500 bits per heavy atom. The second-order valence-electron chi connectivity index (χ2n) is 17.6. The van der Waals surface area contributed by atoms with Crippen LogP contribution in [0.3, 0.4) is 0 Å². The Kier molecular flexibility index (Phi) is 40.1. The summed E-state index contributed by atoms with van der Waals surface area (Å²) in [6, 6.07) is 0. The molecule has 0 aromatic heterocycles. The van der Waals surface area contributed by atoms with Crippen LogP contribution in [0.2, 0.25) is 0 Å². The topological polar surface area (TPSA) is 192 Å². The number of allylic oxidation sites excluding steroid dienone is 11. The fourth-order valence-electron chi connectivity index (χ4n) is 7.53. The van der Waals surface area contributed by atoms with E-state index in [1.165, 1.54) is 109 Å². The van der Waals surface area contributed by atoms with Gasteiger partial charge in [-0.15, -0.1) is 0 Å². The van der Waals surface area contributed by atoms with Gasteiger partial charge in [-0.05, 0) is 70.6 Å². The Hall–Kier alpha value is -2.22. The summed E-state index contributed by atoms with van der Waals surface area (Å²) >= 11 is 0. The van der Waals surface area contributed by atoms with Crippen LogP contribution in [0.25, 0.3) is 0 Å². The number of hydrogen-bond donors (Lipinski definition) is 6. The normalized spacial score (nSPS) is 22.0. The number of hydrogen-bond acceptors (Lipinski definition) is 11. The van der Waals surface area contributed by atoms with Crippen molar-refractivity contribution >= 4 is 13.8 Å². The summed E-state index contributed by atoms with van der Waals surface area (Å²) in [5, 5.41) is 50.3. The Balaban J connectivity index is 2.36. The number of phosphoric ester groups is 1. The van der Waals surface area contributed by atoms with E-state index in [1.54, 1.807) is 0 Å². The monoisotopic (exact) mass is 953 g/mol. The highest BCUT2D eigenvalue weighted by Crippen LogP contribution is 2.47. The summed E-state index contributed by atoms with van der Waals surface area (Å²) in [5.41, 5.74) is 0. The summed E-state index contributed by atoms with van der Waals surface area (Å²) < 4.78 is 34.1. The van der Waals surface area contributed by atoms with Gasteiger partial charge in [-0.25, -0.2) is 4.57 Å². The average Bonchev–Trinajstić information content (AvgIpc) is 3.30. The summed E-state index contributed by atoms with van der Waals surface area (Å²) in [6.45, 7) is 3.94. The van der Waals surface area contributed by atoms with E-state index in [2.05, 4.69) is 74.6 Å². The zero-order valence-electron chi connectivity index (χ0n) is 41.0. The van der Waals surface area contributed by atoms with E-state index in [1.807, 2.05) is 12.2 Å². The number of carbonyl (C=O) groups excluding carboxylic acids is 1. The molecule has 0 spiro atoms. The minimum Gasteiger partial charge on any atom is -0.457 e. The van der Waals surface area contributed by atoms with E-state index in [0.717, 1.165) is 51.4 Å². The van der Waals surface area contributed by atoms with E-state index >= 15 is 0 Å². The number of rotatable bonds is 43. The molecule has 0 saturated heterocycles. The Bertz CT molecular complexity index is 1360. The van der Waals surface area contributed by atoms with Crippen molar-refractivity contribution in [1.29, 1.82) is 0 Å². The third-order valence-corrected chi connectivity index (χ3v) is 12.6. The predicted octanol–water partition coefficient (Wildman–Crippen LogP) is 11.5. The highest BCUT2D eigenvalue weighted by atomic mass is 31.2. The molecule has 66 heavy (non-hydrogen) atoms. The minimum absolute atomic E-state index is 0.134. The quantitative estimate of drug-likeness (QED) is 0.0147. The molecule has 1 saturated carbocycles. The lowest BCUT2D eigenvalue weighted by atomic mass is 9.85. The molecule has 13 heteroatoms. The van der Waals surface area contributed by atoms with Crippen molar-refractivity contribution in [2.75, 3.05) is 19.8 Å². The van der Waals surface area contributed by atoms with Gasteiger partial charge in [0.1, 0.15) is 42.7 Å². The number of carbonyl (C=O) groups is 1. The molecule has 0 aliphatic heterocycles. The van der Waals surface area contributed by atoms with Crippen molar-refractivity contribution in [3.63, 3.8) is 0 Å². The van der Waals surface area contributed by atoms with Gasteiger partial charge in [0.25, 0.3) is 0 Å². The number of aliphatic hydroxyl groups excluding tert-OH is 5. The maximum absolute atomic E-state index is 12.8. The standard InChI is InChI=1S/C53H93O12P/c1-3-5-7-9-11-13-15-17-19-21-22-23-24-25-26-27-28-30-32-34-36-38-40-42-47(54)64-46(45-63-66(60,61)65-53-51(58)49(56)48(55)50(57)52(53)59)44-62-43-41-39-37-35-33-31-29-20-18-16-14-12-10-8-6-4-2/h6,8,12,14,18,20-22,31,33,37,39,46,48-53,55-59H,3-5,7,9-11,13,15-17,19,23-30,32,34-36,38,40-45H2,1-2H3,(H,60,61)/b8-6-,14-12-,20-18-,22-21-,33-31-,39-37-. The lowest BCUT2D eigenvalue weighted by Crippen LogP contribution is -2.64. The molecular formula is C53H93O12P. The van der Waals surface area contributed by atoms with Gasteiger partial charge >= 0.3 is 13.8 Å². The Morgan fingerprint density at radius 2 is 0.894 bits per heavy atom. The van der Waals surface area contributed by atoms with Gasteiger partial charge in [0, 0.05) is 6.42 Å². The van der Waals surface area contributed by atoms with Crippen molar-refractivity contribution in [1.82, 2.24) is 0 Å². The Labute approximate surface area is 400 Å². The first kappa shape index (κ1) is 61.8. The maximum Gasteiger partial charge on any atom is 0.472 e. The van der Waals surface area contributed by atoms with Crippen molar-refractivity contribution < 1.29 is 58.3 Å². The van der Waals surface area contributed by atoms with Crippen LogP contribution in [0.15, 0.2) is 72.9 Å². The van der Waals surface area contributed by atoms with Gasteiger partial charge < -0.3 is 39.9 Å². The van der Waals surface area contributed by atoms with Crippen molar-refractivity contribution in [3.05, 3.63) is 72.9 Å². The van der Waals surface area contributed by atoms with Gasteiger partial charge in [0.05, 0.1) is 19.8 Å². The molecule has 6 atom stereocenters. The molecule has 0 aromatic rings. The summed E-state index contributed by atoms with van der Waals surface area (Å²) in [5.74, 6) is -0.504. The molecule has 1 aliphatic carbocycles. The second-order valence-corrected chi connectivity index (χ2v) is 19.0. The molecule has 382 valence electrons. The van der Waals surface area contributed by atoms with Crippen LogP contribution in [-0.4, -0.2) is 98.9 Å². The number of esters is 1. The average molecular weight is 953 g/mol. The van der Waals surface area contributed by atoms with E-state index in [4.69, 9.17) is 18.5 Å². The number of ether oxygens (including phenoxy) is 2. The van der Waals surface area contributed by atoms with E-state index in [-0.39, 0.29) is 13.0 Å². The van der Waals surface area contributed by atoms with Crippen molar-refractivity contribution in [2.24, 2.45) is 0 Å². The molecule has 1 rings (SSSR count). The largest absolute Gasteiger partial charge is 0.472 e. The third kappa shape index (κ3) is 34.1. The lowest BCUT2D eigenvalue weighted by Gasteiger charge is -2.41. The summed E-state index contributed by atoms with van der Waals surface area (Å²) in [7, 11) is -5.04. The van der Waals surface area contributed by atoms with Gasteiger partial charge in [-0.1, -0.05) is 189 Å². The molecule has 0 bridgehead atoms. The fraction of sp³-hybridized carbons (Fsp3) is 0.755. The van der Waals surface area contributed by atoms with E-state index in [0.29, 0.717) is 19.4 Å². The van der Waals surface area contributed by atoms with Crippen LogP contribution in [0.1, 0.15) is 194 Å². The van der Waals surface area contributed by atoms with Crippen LogP contribution in [-0.2, 0) is 27.9 Å². The fourth-order valence-corrected chi connectivity index (χ4v) is 8.51. The van der Waals surface area contributed by atoms with Crippen molar-refractivity contribution in [3.8, 4) is 0 Å². The summed E-state index contributed by atoms with van der Waals surface area (Å²) in [6.07, 6.45) is 44.3. The van der Waals surface area contributed by atoms with E-state index in [9.17, 15) is 39.8 Å². The van der Waals surface area contributed by atoms with Crippen LogP contribution < -0.4 is 0 Å². The molecule has 1 fully saturated rings. The number of unbranched alkanes of at least 4 members (excludes halogenated alkanes) is 19. The zero-order chi connectivity index (χ0) is 48.4. The van der Waals surface area contributed by atoms with E-state index < -0.39 is 63.1 Å². The molecule has 6 N–H and O–H groups in total. The van der Waals surface area contributed by atoms with Crippen LogP contribution in [0.5, 0.6) is 0 Å². The SMILES string of the molecule is CC/C=C\C/C=C\C/C=C\C/C=C\C/C=C\CCOCC(COP(=O)(O)OC1C(O)C(O)C(O)C(O)C1O)OC(=O)CCCCCCCCCCCCC/C=C\CCCCCCCCCC. The number of aliphatic hydroxyl groups is 5. The molecule has 0 heterocycles. The minimum atomic E-state index is -5.04. The van der Waals surface area contributed by atoms with Gasteiger partial charge in [-0.3, -0.25) is 13.8 Å². The first-order valence-electron chi connectivity index (χ1n) is 25.8. The molecule has 12 nitrogen and oxygen atoms in total.